The van der Waals surface area contributed by atoms with Gasteiger partial charge in [0.15, 0.2) is 0 Å². The Hall–Kier alpha value is -2.69. The number of aryl methyl sites for hydroxylation is 1. The highest BCUT2D eigenvalue weighted by molar-refractivity contribution is 5.81. The molecule has 31 heavy (non-hydrogen) atoms. The number of hydrogen-bond acceptors (Lipinski definition) is 5. The van der Waals surface area contributed by atoms with E-state index in [-0.39, 0.29) is 23.8 Å². The maximum Gasteiger partial charge on any atom is 0.417 e. The number of fused-ring (bicyclic) bond motifs is 1. The average molecular weight is 439 g/mol. The van der Waals surface area contributed by atoms with Crippen molar-refractivity contribution >= 4 is 16.9 Å². The van der Waals surface area contributed by atoms with Gasteiger partial charge < -0.3 is 4.90 Å². The summed E-state index contributed by atoms with van der Waals surface area (Å²) in [6.45, 7) is 2.34. The molecular formula is C20H24F3N5O3. The summed E-state index contributed by atoms with van der Waals surface area (Å²) in [5.41, 5.74) is -3.21. The van der Waals surface area contributed by atoms with Crippen LogP contribution in [0.1, 0.15) is 43.0 Å². The summed E-state index contributed by atoms with van der Waals surface area (Å²) in [5, 5.41) is -0.645. The summed E-state index contributed by atoms with van der Waals surface area (Å²) in [7, 11) is 2.42. The number of amides is 1. The molecule has 2 aromatic heterocycles. The molecule has 0 N–H and O–H groups in total. The third kappa shape index (κ3) is 3.75. The van der Waals surface area contributed by atoms with E-state index >= 15 is 0 Å². The molecule has 0 unspecified atom stereocenters. The third-order valence-electron chi connectivity index (χ3n) is 6.21. The number of nitrogens with zero attached hydrogens (tertiary/aromatic N) is 5. The first-order valence-corrected chi connectivity index (χ1v) is 10.3. The van der Waals surface area contributed by atoms with Crippen LogP contribution in [-0.4, -0.2) is 56.0 Å². The van der Waals surface area contributed by atoms with Crippen LogP contribution in [0.3, 0.4) is 0 Å². The summed E-state index contributed by atoms with van der Waals surface area (Å²) in [6.07, 6.45) is -1.64. The van der Waals surface area contributed by atoms with Crippen molar-refractivity contribution in [2.24, 2.45) is 14.1 Å². The van der Waals surface area contributed by atoms with E-state index in [1.54, 1.807) is 4.90 Å². The summed E-state index contributed by atoms with van der Waals surface area (Å²) < 4.78 is 43.3. The number of aromatic nitrogens is 3. The van der Waals surface area contributed by atoms with E-state index in [0.717, 1.165) is 43.6 Å². The predicted molar refractivity (Wildman–Crippen MR) is 107 cm³/mol. The van der Waals surface area contributed by atoms with Gasteiger partial charge in [0.05, 0.1) is 29.2 Å². The molecule has 0 saturated carbocycles. The van der Waals surface area contributed by atoms with Crippen molar-refractivity contribution in [1.82, 2.24) is 23.9 Å². The van der Waals surface area contributed by atoms with Gasteiger partial charge in [0.1, 0.15) is 5.65 Å². The zero-order chi connectivity index (χ0) is 22.5. The van der Waals surface area contributed by atoms with Gasteiger partial charge in [0.25, 0.3) is 5.56 Å². The fourth-order valence-corrected chi connectivity index (χ4v) is 4.56. The predicted octanol–water partition coefficient (Wildman–Crippen LogP) is 1.41. The monoisotopic (exact) mass is 439 g/mol. The SMILES string of the molecule is Cn1c(=O)c2c(C(F)(F)F)cc([C@H]3CCCN3C(=O)CN3CCCC3)nc2n(C)c1=O. The van der Waals surface area contributed by atoms with Crippen LogP contribution >= 0.6 is 0 Å². The Kier molecular flexibility index (Phi) is 5.40. The lowest BCUT2D eigenvalue weighted by atomic mass is 10.0. The van der Waals surface area contributed by atoms with Crippen molar-refractivity contribution in [2.75, 3.05) is 26.2 Å². The maximum atomic E-state index is 13.9. The minimum Gasteiger partial charge on any atom is -0.333 e. The molecular weight excluding hydrogens is 415 g/mol. The highest BCUT2D eigenvalue weighted by atomic mass is 19.4. The van der Waals surface area contributed by atoms with E-state index in [1.807, 2.05) is 4.90 Å². The van der Waals surface area contributed by atoms with E-state index in [1.165, 1.54) is 7.05 Å². The second-order valence-corrected chi connectivity index (χ2v) is 8.23. The van der Waals surface area contributed by atoms with Gasteiger partial charge >= 0.3 is 11.9 Å². The molecule has 1 atom stereocenters. The maximum absolute atomic E-state index is 13.9. The summed E-state index contributed by atoms with van der Waals surface area (Å²) in [5.74, 6) is -0.141. The van der Waals surface area contributed by atoms with E-state index in [4.69, 9.17) is 0 Å². The van der Waals surface area contributed by atoms with Gasteiger partial charge in [-0.3, -0.25) is 23.6 Å². The molecule has 168 valence electrons. The number of halogens is 3. The van der Waals surface area contributed by atoms with E-state index in [9.17, 15) is 27.6 Å². The highest BCUT2D eigenvalue weighted by Gasteiger charge is 2.38. The molecule has 0 bridgehead atoms. The van der Waals surface area contributed by atoms with Gasteiger partial charge in [-0.05, 0) is 44.8 Å². The molecule has 0 radical (unpaired) electrons. The number of pyridine rings is 1. The Morgan fingerprint density at radius 2 is 1.77 bits per heavy atom. The molecule has 0 spiro atoms. The minimum absolute atomic E-state index is 0.0513. The number of carbonyl (C=O) groups is 1. The molecule has 0 aromatic carbocycles. The van der Waals surface area contributed by atoms with Crippen LogP contribution < -0.4 is 11.2 Å². The van der Waals surface area contributed by atoms with Gasteiger partial charge in [-0.25, -0.2) is 9.78 Å². The lowest BCUT2D eigenvalue weighted by Crippen LogP contribution is -2.40. The van der Waals surface area contributed by atoms with Crippen LogP contribution in [-0.2, 0) is 25.1 Å². The average Bonchev–Trinajstić information content (AvgIpc) is 3.41. The Balaban J connectivity index is 1.83. The molecule has 1 amide bonds. The van der Waals surface area contributed by atoms with Crippen molar-refractivity contribution < 1.29 is 18.0 Å². The van der Waals surface area contributed by atoms with Crippen LogP contribution in [0, 0.1) is 0 Å². The molecule has 2 aliphatic heterocycles. The molecule has 2 saturated heterocycles. The number of carbonyl (C=O) groups excluding carboxylic acids is 1. The Labute approximate surface area is 175 Å². The number of rotatable bonds is 3. The van der Waals surface area contributed by atoms with Gasteiger partial charge in [-0.15, -0.1) is 0 Å². The first-order chi connectivity index (χ1) is 14.6. The molecule has 11 heteroatoms. The van der Waals surface area contributed by atoms with Crippen molar-refractivity contribution in [3.8, 4) is 0 Å². The molecule has 4 rings (SSSR count). The molecule has 0 aliphatic carbocycles. The topological polar surface area (TPSA) is 80.4 Å². The van der Waals surface area contributed by atoms with E-state index in [0.29, 0.717) is 24.0 Å². The van der Waals surface area contributed by atoms with Crippen molar-refractivity contribution in [2.45, 2.75) is 37.9 Å². The van der Waals surface area contributed by atoms with Crippen molar-refractivity contribution in [1.29, 1.82) is 0 Å². The number of alkyl halides is 3. The van der Waals surface area contributed by atoms with Gasteiger partial charge in [0, 0.05) is 20.6 Å². The first kappa shape index (κ1) is 21.5. The van der Waals surface area contributed by atoms with Crippen LogP contribution in [0.25, 0.3) is 11.0 Å². The summed E-state index contributed by atoms with van der Waals surface area (Å²) in [4.78, 5) is 45.6. The van der Waals surface area contributed by atoms with Crippen LogP contribution in [0.2, 0.25) is 0 Å². The Morgan fingerprint density at radius 1 is 1.10 bits per heavy atom. The normalized spacial score (nSPS) is 20.2. The summed E-state index contributed by atoms with van der Waals surface area (Å²) in [6, 6.07) is 0.236. The van der Waals surface area contributed by atoms with Gasteiger partial charge in [0.2, 0.25) is 5.91 Å². The lowest BCUT2D eigenvalue weighted by molar-refractivity contribution is -0.136. The Bertz CT molecular complexity index is 1150. The zero-order valence-corrected chi connectivity index (χ0v) is 17.4. The molecule has 2 aliphatic rings. The van der Waals surface area contributed by atoms with Crippen LogP contribution in [0.15, 0.2) is 15.7 Å². The number of hydrogen-bond donors (Lipinski definition) is 0. The largest absolute Gasteiger partial charge is 0.417 e. The van der Waals surface area contributed by atoms with Crippen LogP contribution in [0.4, 0.5) is 13.2 Å². The lowest BCUT2D eigenvalue weighted by Gasteiger charge is -2.27. The zero-order valence-electron chi connectivity index (χ0n) is 17.4. The second-order valence-electron chi connectivity index (χ2n) is 8.23. The Morgan fingerprint density at radius 3 is 2.42 bits per heavy atom. The smallest absolute Gasteiger partial charge is 0.333 e. The van der Waals surface area contributed by atoms with Gasteiger partial charge in [-0.2, -0.15) is 13.2 Å². The van der Waals surface area contributed by atoms with E-state index < -0.39 is 34.4 Å². The van der Waals surface area contributed by atoms with Crippen molar-refractivity contribution in [3.05, 3.63) is 38.2 Å². The first-order valence-electron chi connectivity index (χ1n) is 10.3. The second kappa shape index (κ2) is 7.77. The molecule has 2 aromatic rings. The number of likely N-dealkylation sites (tertiary alicyclic amines) is 2. The quantitative estimate of drug-likeness (QED) is 0.723. The highest BCUT2D eigenvalue weighted by Crippen LogP contribution is 2.37. The van der Waals surface area contributed by atoms with Crippen LogP contribution in [0.5, 0.6) is 0 Å². The standard InChI is InChI=1S/C20H24F3N5O3/c1-25-17-16(18(30)26(2)19(25)31)12(20(21,22)23)10-13(24-17)14-6-5-9-28(14)15(29)11-27-7-3-4-8-27/h10,14H,3-9,11H2,1-2H3/t14-/m1/s1. The molecule has 8 nitrogen and oxygen atoms in total. The molecule has 4 heterocycles. The fraction of sp³-hybridized carbons (Fsp3) is 0.600. The van der Waals surface area contributed by atoms with E-state index in [2.05, 4.69) is 4.98 Å². The fourth-order valence-electron chi connectivity index (χ4n) is 4.56. The van der Waals surface area contributed by atoms with Gasteiger partial charge in [-0.1, -0.05) is 0 Å². The summed E-state index contributed by atoms with van der Waals surface area (Å²) >= 11 is 0. The molecule has 2 fully saturated rings. The minimum atomic E-state index is -4.82. The van der Waals surface area contributed by atoms with Crippen molar-refractivity contribution in [3.63, 3.8) is 0 Å². The third-order valence-corrected chi connectivity index (χ3v) is 6.21.